The van der Waals surface area contributed by atoms with Crippen LogP contribution in [-0.2, 0) is 0 Å². The molecule has 0 fully saturated rings. The van der Waals surface area contributed by atoms with Gasteiger partial charge in [0.1, 0.15) is 0 Å². The fraction of sp³-hybridized carbons (Fsp3) is 0.571. The van der Waals surface area contributed by atoms with Crippen molar-refractivity contribution in [2.75, 3.05) is 7.11 Å². The Kier molecular flexibility index (Phi) is 13.4. The highest BCUT2D eigenvalue weighted by atomic mass is 16.2. The quantitative estimate of drug-likeness (QED) is 0.811. The summed E-state index contributed by atoms with van der Waals surface area (Å²) >= 11 is 0. The minimum Gasteiger partial charge on any atom is -0.400 e. The average Bonchev–Trinajstić information content (AvgIpc) is 2.20. The first-order valence-electron chi connectivity index (χ1n) is 5.74. The van der Waals surface area contributed by atoms with Crippen molar-refractivity contribution >= 4 is 0 Å². The van der Waals surface area contributed by atoms with Gasteiger partial charge in [-0.25, -0.2) is 0 Å². The summed E-state index contributed by atoms with van der Waals surface area (Å²) in [5.41, 5.74) is 1.32. The van der Waals surface area contributed by atoms with E-state index in [4.69, 9.17) is 5.11 Å². The molecule has 0 aliphatic rings. The molecule has 94 valence electrons. The molecule has 1 aromatic rings. The standard InChI is InChI=1S/C7H8.C6H15N.CH4O/c1-7-5-3-2-4-6-7;1-5(2)7-6(3)4;1-2/h2-6H,1H3;5-7H,1-4H3;2H,1H3. The monoisotopic (exact) mass is 225 g/mol. The second-order valence-corrected chi connectivity index (χ2v) is 4.13. The Morgan fingerprint density at radius 2 is 1.25 bits per heavy atom. The SMILES string of the molecule is CC(C)NC(C)C.CO.Cc1ccccc1. The van der Waals surface area contributed by atoms with E-state index in [0.717, 1.165) is 7.11 Å². The lowest BCUT2D eigenvalue weighted by Gasteiger charge is -2.10. The van der Waals surface area contributed by atoms with E-state index >= 15 is 0 Å². The molecule has 1 rings (SSSR count). The van der Waals surface area contributed by atoms with E-state index in [0.29, 0.717) is 12.1 Å². The molecule has 16 heavy (non-hydrogen) atoms. The van der Waals surface area contributed by atoms with Crippen LogP contribution in [0.4, 0.5) is 0 Å². The van der Waals surface area contributed by atoms with Gasteiger partial charge >= 0.3 is 0 Å². The van der Waals surface area contributed by atoms with E-state index in [1.54, 1.807) is 0 Å². The molecule has 2 heteroatoms. The normalized spacial score (nSPS) is 9.06. The van der Waals surface area contributed by atoms with Crippen molar-refractivity contribution < 1.29 is 5.11 Å². The number of hydrogen-bond donors (Lipinski definition) is 2. The summed E-state index contributed by atoms with van der Waals surface area (Å²) in [7, 11) is 1.00. The Morgan fingerprint density at radius 3 is 1.38 bits per heavy atom. The minimum atomic E-state index is 0.625. The summed E-state index contributed by atoms with van der Waals surface area (Å²) in [5.74, 6) is 0. The molecular weight excluding hydrogens is 198 g/mol. The molecule has 0 heterocycles. The lowest BCUT2D eigenvalue weighted by molar-refractivity contribution is 0.399. The Bertz CT molecular complexity index is 213. The molecule has 0 radical (unpaired) electrons. The molecule has 0 atom stereocenters. The molecular formula is C14H27NO. The molecule has 0 aromatic heterocycles. The first-order chi connectivity index (χ1) is 7.52. The van der Waals surface area contributed by atoms with Crippen LogP contribution in [0.1, 0.15) is 33.3 Å². The maximum absolute atomic E-state index is 7.00. The molecule has 2 nitrogen and oxygen atoms in total. The summed E-state index contributed by atoms with van der Waals surface area (Å²) < 4.78 is 0. The fourth-order valence-corrected chi connectivity index (χ4v) is 1.20. The maximum Gasteiger partial charge on any atom is 0.0319 e. The fourth-order valence-electron chi connectivity index (χ4n) is 1.20. The van der Waals surface area contributed by atoms with E-state index in [2.05, 4.69) is 52.1 Å². The largest absolute Gasteiger partial charge is 0.400 e. The summed E-state index contributed by atoms with van der Waals surface area (Å²) in [6.45, 7) is 10.7. The Morgan fingerprint density at radius 1 is 0.875 bits per heavy atom. The molecule has 2 N–H and O–H groups in total. The van der Waals surface area contributed by atoms with Gasteiger partial charge in [-0.3, -0.25) is 0 Å². The van der Waals surface area contributed by atoms with Crippen molar-refractivity contribution in [3.05, 3.63) is 35.9 Å². The number of rotatable bonds is 2. The van der Waals surface area contributed by atoms with Gasteiger partial charge in [0.25, 0.3) is 0 Å². The highest BCUT2D eigenvalue weighted by molar-refractivity contribution is 5.11. The van der Waals surface area contributed by atoms with Gasteiger partial charge in [0.2, 0.25) is 0 Å². The summed E-state index contributed by atoms with van der Waals surface area (Å²) in [6.07, 6.45) is 0. The zero-order valence-corrected chi connectivity index (χ0v) is 11.5. The molecule has 0 saturated carbocycles. The van der Waals surface area contributed by atoms with Crippen LogP contribution in [-0.4, -0.2) is 24.3 Å². The Balaban J connectivity index is 0. The minimum absolute atomic E-state index is 0.625. The average molecular weight is 225 g/mol. The van der Waals surface area contributed by atoms with Crippen LogP contribution in [0.25, 0.3) is 0 Å². The predicted octanol–water partition coefficient (Wildman–Crippen LogP) is 3.00. The van der Waals surface area contributed by atoms with Gasteiger partial charge < -0.3 is 10.4 Å². The summed E-state index contributed by atoms with van der Waals surface area (Å²) in [5, 5.41) is 10.3. The molecule has 0 spiro atoms. The summed E-state index contributed by atoms with van der Waals surface area (Å²) in [4.78, 5) is 0. The van der Waals surface area contributed by atoms with Crippen molar-refractivity contribution in [3.63, 3.8) is 0 Å². The maximum atomic E-state index is 7.00. The van der Waals surface area contributed by atoms with Crippen LogP contribution < -0.4 is 5.32 Å². The second kappa shape index (κ2) is 12.2. The first kappa shape index (κ1) is 17.5. The number of aryl methyl sites for hydroxylation is 1. The van der Waals surface area contributed by atoms with E-state index in [-0.39, 0.29) is 0 Å². The van der Waals surface area contributed by atoms with Gasteiger partial charge in [0.15, 0.2) is 0 Å². The number of aliphatic hydroxyl groups is 1. The molecule has 0 saturated heterocycles. The summed E-state index contributed by atoms with van der Waals surface area (Å²) in [6, 6.07) is 11.5. The van der Waals surface area contributed by atoms with Gasteiger partial charge in [0.05, 0.1) is 0 Å². The zero-order valence-electron chi connectivity index (χ0n) is 11.5. The topological polar surface area (TPSA) is 32.3 Å². The lowest BCUT2D eigenvalue weighted by atomic mass is 10.2. The lowest BCUT2D eigenvalue weighted by Crippen LogP contribution is -2.29. The third-order valence-corrected chi connectivity index (χ3v) is 1.61. The third kappa shape index (κ3) is 15.6. The van der Waals surface area contributed by atoms with Crippen LogP contribution in [0, 0.1) is 6.92 Å². The van der Waals surface area contributed by atoms with Crippen LogP contribution in [0.2, 0.25) is 0 Å². The second-order valence-electron chi connectivity index (χ2n) is 4.13. The van der Waals surface area contributed by atoms with Crippen LogP contribution in [0.5, 0.6) is 0 Å². The molecule has 0 unspecified atom stereocenters. The highest BCUT2D eigenvalue weighted by Gasteiger charge is 1.92. The van der Waals surface area contributed by atoms with E-state index in [1.165, 1.54) is 5.56 Å². The molecule has 1 aromatic carbocycles. The van der Waals surface area contributed by atoms with Gasteiger partial charge in [-0.1, -0.05) is 63.6 Å². The van der Waals surface area contributed by atoms with E-state index in [9.17, 15) is 0 Å². The number of hydrogen-bond acceptors (Lipinski definition) is 2. The van der Waals surface area contributed by atoms with Crippen LogP contribution in [0.3, 0.4) is 0 Å². The highest BCUT2D eigenvalue weighted by Crippen LogP contribution is 1.92. The van der Waals surface area contributed by atoms with E-state index < -0.39 is 0 Å². The molecule has 0 aliphatic carbocycles. The molecule has 0 amide bonds. The van der Waals surface area contributed by atoms with Gasteiger partial charge in [-0.05, 0) is 6.92 Å². The Hall–Kier alpha value is -0.860. The number of nitrogens with one attached hydrogen (secondary N) is 1. The Labute approximate surface area is 101 Å². The predicted molar refractivity (Wildman–Crippen MR) is 72.7 cm³/mol. The zero-order chi connectivity index (χ0) is 13.0. The number of benzene rings is 1. The smallest absolute Gasteiger partial charge is 0.0319 e. The van der Waals surface area contributed by atoms with Gasteiger partial charge in [-0.15, -0.1) is 0 Å². The van der Waals surface area contributed by atoms with Gasteiger partial charge in [-0.2, -0.15) is 0 Å². The van der Waals surface area contributed by atoms with Crippen molar-refractivity contribution in [3.8, 4) is 0 Å². The molecule has 0 aliphatic heterocycles. The van der Waals surface area contributed by atoms with Crippen molar-refractivity contribution in [2.24, 2.45) is 0 Å². The van der Waals surface area contributed by atoms with E-state index in [1.807, 2.05) is 18.2 Å². The van der Waals surface area contributed by atoms with Gasteiger partial charge in [0, 0.05) is 19.2 Å². The first-order valence-corrected chi connectivity index (χ1v) is 5.74. The molecule has 0 bridgehead atoms. The van der Waals surface area contributed by atoms with Crippen LogP contribution >= 0.6 is 0 Å². The third-order valence-electron chi connectivity index (χ3n) is 1.61. The van der Waals surface area contributed by atoms with Crippen molar-refractivity contribution in [1.29, 1.82) is 0 Å². The number of aliphatic hydroxyl groups excluding tert-OH is 1. The van der Waals surface area contributed by atoms with Crippen molar-refractivity contribution in [2.45, 2.75) is 46.7 Å². The van der Waals surface area contributed by atoms with Crippen LogP contribution in [0.15, 0.2) is 30.3 Å². The van der Waals surface area contributed by atoms with Crippen molar-refractivity contribution in [1.82, 2.24) is 5.32 Å².